The van der Waals surface area contributed by atoms with Crippen LogP contribution < -0.4 is 4.72 Å². The first-order chi connectivity index (χ1) is 6.08. The number of anilines is 1. The van der Waals surface area contributed by atoms with E-state index in [-0.39, 0.29) is 11.5 Å². The SMILES string of the molecule is O=S1(=O)C=C(O)c2ncccc2N1. The first kappa shape index (κ1) is 8.06. The van der Waals surface area contributed by atoms with Crippen LogP contribution in [0.3, 0.4) is 0 Å². The molecule has 68 valence electrons. The molecule has 0 amide bonds. The highest BCUT2D eigenvalue weighted by Gasteiger charge is 2.20. The number of sulfonamides is 1. The zero-order valence-electron chi connectivity index (χ0n) is 6.43. The summed E-state index contributed by atoms with van der Waals surface area (Å²) in [6, 6.07) is 3.11. The van der Waals surface area contributed by atoms with Gasteiger partial charge < -0.3 is 5.11 Å². The Balaban J connectivity index is 2.68. The molecule has 1 aliphatic rings. The number of aliphatic hydroxyl groups excluding tert-OH is 1. The number of fused-ring (bicyclic) bond motifs is 1. The molecule has 6 heteroatoms. The number of hydrogen-bond donors (Lipinski definition) is 2. The minimum absolute atomic E-state index is 0.248. The molecule has 5 nitrogen and oxygen atoms in total. The normalized spacial score (nSPS) is 18.3. The van der Waals surface area contributed by atoms with Crippen molar-refractivity contribution in [1.29, 1.82) is 0 Å². The van der Waals surface area contributed by atoms with Gasteiger partial charge in [0.05, 0.1) is 11.1 Å². The maximum absolute atomic E-state index is 11.0. The van der Waals surface area contributed by atoms with Crippen LogP contribution in [-0.4, -0.2) is 18.5 Å². The molecular formula is C7H6N2O3S. The van der Waals surface area contributed by atoms with Crippen molar-refractivity contribution in [2.75, 3.05) is 4.72 Å². The van der Waals surface area contributed by atoms with Crippen LogP contribution in [-0.2, 0) is 10.0 Å². The molecule has 0 radical (unpaired) electrons. The van der Waals surface area contributed by atoms with Crippen LogP contribution in [0.4, 0.5) is 5.69 Å². The maximum atomic E-state index is 11.0. The average Bonchev–Trinajstić information content (AvgIpc) is 2.02. The highest BCUT2D eigenvalue weighted by molar-refractivity contribution is 7.95. The first-order valence-corrected chi connectivity index (χ1v) is 5.02. The molecule has 0 aromatic carbocycles. The summed E-state index contributed by atoms with van der Waals surface area (Å²) in [6.45, 7) is 0. The third-order valence-electron chi connectivity index (χ3n) is 1.57. The maximum Gasteiger partial charge on any atom is 0.258 e. The lowest BCUT2D eigenvalue weighted by molar-refractivity contribution is 0.508. The molecule has 0 aliphatic carbocycles. The lowest BCUT2D eigenvalue weighted by Crippen LogP contribution is -2.16. The lowest BCUT2D eigenvalue weighted by Gasteiger charge is -2.13. The minimum Gasteiger partial charge on any atom is -0.505 e. The average molecular weight is 198 g/mol. The number of rotatable bonds is 0. The van der Waals surface area contributed by atoms with E-state index in [1.807, 2.05) is 0 Å². The Kier molecular flexibility index (Phi) is 1.53. The van der Waals surface area contributed by atoms with Gasteiger partial charge in [-0.1, -0.05) is 0 Å². The molecule has 0 bridgehead atoms. The zero-order chi connectivity index (χ0) is 9.47. The summed E-state index contributed by atoms with van der Waals surface area (Å²) in [7, 11) is -3.55. The molecule has 0 fully saturated rings. The molecule has 0 spiro atoms. The second-order valence-electron chi connectivity index (χ2n) is 2.55. The summed E-state index contributed by atoms with van der Waals surface area (Å²) >= 11 is 0. The van der Waals surface area contributed by atoms with Gasteiger partial charge >= 0.3 is 0 Å². The Morgan fingerprint density at radius 2 is 2.23 bits per heavy atom. The van der Waals surface area contributed by atoms with Crippen molar-refractivity contribution in [3.63, 3.8) is 0 Å². The highest BCUT2D eigenvalue weighted by atomic mass is 32.2. The van der Waals surface area contributed by atoms with Gasteiger partial charge in [0.25, 0.3) is 10.0 Å². The summed E-state index contributed by atoms with van der Waals surface area (Å²) in [6.07, 6.45) is 1.47. The molecule has 0 atom stereocenters. The molecule has 0 unspecified atom stereocenters. The fourth-order valence-electron chi connectivity index (χ4n) is 1.08. The van der Waals surface area contributed by atoms with E-state index in [0.717, 1.165) is 5.41 Å². The fourth-order valence-corrected chi connectivity index (χ4v) is 2.01. The van der Waals surface area contributed by atoms with Crippen LogP contribution in [0.15, 0.2) is 23.7 Å². The number of nitrogens with one attached hydrogen (secondary N) is 1. The Morgan fingerprint density at radius 1 is 1.46 bits per heavy atom. The predicted octanol–water partition coefficient (Wildman–Crippen LogP) is 0.693. The van der Waals surface area contributed by atoms with Gasteiger partial charge in [-0.15, -0.1) is 0 Å². The zero-order valence-corrected chi connectivity index (χ0v) is 7.25. The summed E-state index contributed by atoms with van der Waals surface area (Å²) in [5.41, 5.74) is 0.542. The van der Waals surface area contributed by atoms with Crippen molar-refractivity contribution in [2.45, 2.75) is 0 Å². The molecule has 2 heterocycles. The van der Waals surface area contributed by atoms with E-state index in [4.69, 9.17) is 0 Å². The van der Waals surface area contributed by atoms with Crippen molar-refractivity contribution in [3.05, 3.63) is 29.4 Å². The monoisotopic (exact) mass is 198 g/mol. The third-order valence-corrected chi connectivity index (χ3v) is 2.61. The highest BCUT2D eigenvalue weighted by Crippen LogP contribution is 2.25. The van der Waals surface area contributed by atoms with Crippen LogP contribution in [0, 0.1) is 0 Å². The van der Waals surface area contributed by atoms with E-state index in [0.29, 0.717) is 5.69 Å². The van der Waals surface area contributed by atoms with Crippen LogP contribution in [0.25, 0.3) is 5.76 Å². The largest absolute Gasteiger partial charge is 0.505 e. The summed E-state index contributed by atoms with van der Waals surface area (Å²) in [5.74, 6) is -0.339. The van der Waals surface area contributed by atoms with Crippen molar-refractivity contribution < 1.29 is 13.5 Å². The van der Waals surface area contributed by atoms with Crippen LogP contribution in [0.1, 0.15) is 5.69 Å². The number of nitrogens with zero attached hydrogens (tertiary/aromatic N) is 1. The number of hydrogen-bond acceptors (Lipinski definition) is 4. The predicted molar refractivity (Wildman–Crippen MR) is 47.4 cm³/mol. The molecule has 0 saturated carbocycles. The van der Waals surface area contributed by atoms with E-state index in [2.05, 4.69) is 9.71 Å². The van der Waals surface area contributed by atoms with Gasteiger partial charge in [0.1, 0.15) is 5.69 Å². The Labute approximate surface area is 74.8 Å². The van der Waals surface area contributed by atoms with E-state index in [9.17, 15) is 13.5 Å². The van der Waals surface area contributed by atoms with E-state index >= 15 is 0 Å². The number of aliphatic hydroxyl groups is 1. The summed E-state index contributed by atoms with van der Waals surface area (Å²) in [5, 5.41) is 10.0. The molecule has 1 aromatic heterocycles. The van der Waals surface area contributed by atoms with Crippen LogP contribution in [0.5, 0.6) is 0 Å². The first-order valence-electron chi connectivity index (χ1n) is 3.47. The van der Waals surface area contributed by atoms with Gasteiger partial charge in [-0.05, 0) is 12.1 Å². The molecule has 1 aliphatic heterocycles. The topological polar surface area (TPSA) is 79.3 Å². The van der Waals surface area contributed by atoms with Gasteiger partial charge in [0, 0.05) is 6.20 Å². The van der Waals surface area contributed by atoms with Crippen LogP contribution in [0.2, 0.25) is 0 Å². The van der Waals surface area contributed by atoms with Crippen molar-refractivity contribution in [2.24, 2.45) is 0 Å². The van der Waals surface area contributed by atoms with Gasteiger partial charge in [0.15, 0.2) is 5.76 Å². The molecule has 13 heavy (non-hydrogen) atoms. The van der Waals surface area contributed by atoms with Gasteiger partial charge in [-0.25, -0.2) is 8.42 Å². The van der Waals surface area contributed by atoms with E-state index in [1.54, 1.807) is 6.07 Å². The Morgan fingerprint density at radius 3 is 3.00 bits per heavy atom. The molecule has 1 aromatic rings. The molecular weight excluding hydrogens is 192 g/mol. The van der Waals surface area contributed by atoms with Crippen molar-refractivity contribution in [1.82, 2.24) is 4.98 Å². The van der Waals surface area contributed by atoms with Gasteiger partial charge in [-0.3, -0.25) is 9.71 Å². The van der Waals surface area contributed by atoms with Crippen molar-refractivity contribution >= 4 is 21.5 Å². The quantitative estimate of drug-likeness (QED) is 0.642. The second kappa shape index (κ2) is 2.46. The third kappa shape index (κ3) is 1.35. The Bertz CT molecular complexity index is 478. The molecule has 2 N–H and O–H groups in total. The van der Waals surface area contributed by atoms with Crippen molar-refractivity contribution in [3.8, 4) is 0 Å². The molecule has 2 rings (SSSR count). The second-order valence-corrected chi connectivity index (χ2v) is 4.08. The van der Waals surface area contributed by atoms with Crippen LogP contribution >= 0.6 is 0 Å². The standard InChI is InChI=1S/C7H6N2O3S/c10-6-4-13(11,12)9-5-2-1-3-8-7(5)6/h1-4,9-10H. The number of pyridine rings is 1. The summed E-state index contributed by atoms with van der Waals surface area (Å²) in [4.78, 5) is 3.82. The molecule has 0 saturated heterocycles. The van der Waals surface area contributed by atoms with Gasteiger partial charge in [0.2, 0.25) is 0 Å². The lowest BCUT2D eigenvalue weighted by atomic mass is 10.3. The van der Waals surface area contributed by atoms with Gasteiger partial charge in [-0.2, -0.15) is 0 Å². The Hall–Kier alpha value is -1.56. The van der Waals surface area contributed by atoms with E-state index < -0.39 is 10.0 Å². The minimum atomic E-state index is -3.55. The summed E-state index contributed by atoms with van der Waals surface area (Å²) < 4.78 is 24.3. The number of aromatic nitrogens is 1. The smallest absolute Gasteiger partial charge is 0.258 e. The van der Waals surface area contributed by atoms with E-state index in [1.165, 1.54) is 12.3 Å². The fraction of sp³-hybridized carbons (Fsp3) is 0.